The average molecular weight is 691 g/mol. The number of hydrogen-bond acceptors (Lipinski definition) is 3. The summed E-state index contributed by atoms with van der Waals surface area (Å²) in [5, 5.41) is 7.47. The van der Waals surface area contributed by atoms with Gasteiger partial charge >= 0.3 is 6.85 Å². The second-order valence-corrected chi connectivity index (χ2v) is 15.5. The predicted molar refractivity (Wildman–Crippen MR) is 225 cm³/mol. The zero-order valence-corrected chi connectivity index (χ0v) is 29.2. The van der Waals surface area contributed by atoms with Crippen molar-refractivity contribution in [3.05, 3.63) is 164 Å². The molecule has 244 valence electrons. The second-order valence-electron chi connectivity index (χ2n) is 14.4. The van der Waals surface area contributed by atoms with Gasteiger partial charge in [-0.1, -0.05) is 97.1 Å². The maximum atomic E-state index is 6.49. The fourth-order valence-corrected chi connectivity index (χ4v) is 10.7. The van der Waals surface area contributed by atoms with E-state index in [0.717, 1.165) is 27.5 Å². The number of aromatic nitrogens is 1. The van der Waals surface area contributed by atoms with Crippen LogP contribution in [0.3, 0.4) is 0 Å². The summed E-state index contributed by atoms with van der Waals surface area (Å²) in [4.78, 5) is 2.61. The molecule has 0 radical (unpaired) electrons. The van der Waals surface area contributed by atoms with Crippen molar-refractivity contribution in [1.82, 2.24) is 4.57 Å². The van der Waals surface area contributed by atoms with Gasteiger partial charge in [0.05, 0.1) is 11.0 Å². The maximum Gasteiger partial charge on any atom is 0.333 e. The number of nitrogens with zero attached hydrogens (tertiary/aromatic N) is 2. The van der Waals surface area contributed by atoms with Crippen molar-refractivity contribution in [1.29, 1.82) is 0 Å². The number of benzene rings is 8. The minimum absolute atomic E-state index is 0.0235. The molecule has 0 unspecified atom stereocenters. The van der Waals surface area contributed by atoms with Crippen LogP contribution in [-0.4, -0.2) is 11.4 Å². The van der Waals surface area contributed by atoms with Crippen LogP contribution in [0.15, 0.2) is 168 Å². The predicted octanol–water partition coefficient (Wildman–Crippen LogP) is 12.0. The van der Waals surface area contributed by atoms with Gasteiger partial charge in [0.25, 0.3) is 0 Å². The van der Waals surface area contributed by atoms with Crippen molar-refractivity contribution in [3.63, 3.8) is 0 Å². The number of furan rings is 1. The van der Waals surface area contributed by atoms with E-state index in [1.807, 2.05) is 17.4 Å². The molecule has 0 saturated carbocycles. The largest absolute Gasteiger partial charge is 0.456 e. The van der Waals surface area contributed by atoms with E-state index in [1.54, 1.807) is 0 Å². The number of para-hydroxylation sites is 4. The van der Waals surface area contributed by atoms with E-state index in [2.05, 4.69) is 167 Å². The maximum absolute atomic E-state index is 6.49. The zero-order valence-electron chi connectivity index (χ0n) is 28.4. The van der Waals surface area contributed by atoms with E-state index >= 15 is 0 Å². The van der Waals surface area contributed by atoms with Crippen LogP contribution < -0.4 is 15.7 Å². The Morgan fingerprint density at radius 2 is 1.25 bits per heavy atom. The monoisotopic (exact) mass is 690 g/mol. The summed E-state index contributed by atoms with van der Waals surface area (Å²) in [6.45, 7) is -0.0235. The van der Waals surface area contributed by atoms with Crippen LogP contribution in [0.1, 0.15) is 0 Å². The van der Waals surface area contributed by atoms with Crippen LogP contribution in [0.5, 0.6) is 0 Å². The Bertz CT molecular complexity index is 3370. The quantitative estimate of drug-likeness (QED) is 0.168. The molecule has 0 fully saturated rings. The fourth-order valence-electron chi connectivity index (χ4n) is 9.60. The van der Waals surface area contributed by atoms with Crippen LogP contribution in [0.25, 0.3) is 91.9 Å². The van der Waals surface area contributed by atoms with E-state index in [4.69, 9.17) is 4.42 Å². The molecule has 2 aliphatic rings. The molecule has 2 aliphatic heterocycles. The van der Waals surface area contributed by atoms with E-state index in [-0.39, 0.29) is 6.85 Å². The smallest absolute Gasteiger partial charge is 0.333 e. The average Bonchev–Trinajstić information content (AvgIpc) is 3.89. The molecule has 3 nitrogen and oxygen atoms in total. The third-order valence-corrected chi connectivity index (χ3v) is 12.9. The lowest BCUT2D eigenvalue weighted by Crippen LogP contribution is -2.60. The molecular weight excluding hydrogens is 663 g/mol. The fraction of sp³-hybridized carbons (Fsp3) is 0. The first-order valence-corrected chi connectivity index (χ1v) is 19.0. The van der Waals surface area contributed by atoms with Crippen molar-refractivity contribution >= 4 is 104 Å². The molecular formula is C48H27BN2OS. The minimum atomic E-state index is -0.0235. The molecule has 53 heavy (non-hydrogen) atoms. The SMILES string of the molecule is c1ccc(N2B3c4ccccc4-n4c5ccccc5c5c(-c6ccc7c(c6)oc6ccccc67)cc(c3c54)-c3cc4sc5ccccc5c4cc32)cc1. The van der Waals surface area contributed by atoms with E-state index < -0.39 is 0 Å². The Morgan fingerprint density at radius 3 is 2.17 bits per heavy atom. The summed E-state index contributed by atoms with van der Waals surface area (Å²) in [5.41, 5.74) is 15.6. The van der Waals surface area contributed by atoms with Gasteiger partial charge in [-0.25, -0.2) is 0 Å². The third-order valence-electron chi connectivity index (χ3n) is 11.8. The number of rotatable bonds is 2. The van der Waals surface area contributed by atoms with Crippen LogP contribution >= 0.6 is 11.3 Å². The molecule has 0 bridgehead atoms. The van der Waals surface area contributed by atoms with Crippen LogP contribution in [0, 0.1) is 0 Å². The highest BCUT2D eigenvalue weighted by Crippen LogP contribution is 2.50. The Balaban J connectivity index is 1.23. The zero-order chi connectivity index (χ0) is 34.4. The lowest BCUT2D eigenvalue weighted by atomic mass is 9.44. The normalized spacial score (nSPS) is 13.2. The summed E-state index contributed by atoms with van der Waals surface area (Å²) in [7, 11) is 0. The van der Waals surface area contributed by atoms with Gasteiger partial charge in [-0.3, -0.25) is 0 Å². The minimum Gasteiger partial charge on any atom is -0.456 e. The lowest BCUT2D eigenvalue weighted by Gasteiger charge is -2.42. The molecule has 0 N–H and O–H groups in total. The number of fused-ring (bicyclic) bond motifs is 14. The molecule has 5 heterocycles. The van der Waals surface area contributed by atoms with Crippen molar-refractivity contribution in [2.45, 2.75) is 0 Å². The standard InChI is InChI=1S/C48H27BN2OS/c1-2-12-29(13-3-1)51-41-26-36-32-15-6-11-21-44(32)53-45(36)27-35(41)37-25-34(28-22-23-31-30-14-5-10-20-42(30)52-43(31)24-28)46-33-16-4-8-18-39(33)50-40-19-9-7-17-38(40)49(51)47(37)48(46)50/h1-27H. The first kappa shape index (κ1) is 28.1. The summed E-state index contributed by atoms with van der Waals surface area (Å²) < 4.78 is 11.7. The van der Waals surface area contributed by atoms with Gasteiger partial charge in [0.2, 0.25) is 0 Å². The second kappa shape index (κ2) is 10.1. The summed E-state index contributed by atoms with van der Waals surface area (Å²) in [6.07, 6.45) is 0. The molecule has 5 heteroatoms. The summed E-state index contributed by atoms with van der Waals surface area (Å²) in [5.74, 6) is 0. The first-order valence-electron chi connectivity index (χ1n) is 18.2. The molecule has 8 aromatic carbocycles. The van der Waals surface area contributed by atoms with Gasteiger partial charge in [-0.2, -0.15) is 0 Å². The van der Waals surface area contributed by atoms with Crippen molar-refractivity contribution < 1.29 is 4.42 Å². The first-order chi connectivity index (χ1) is 26.3. The van der Waals surface area contributed by atoms with Gasteiger partial charge < -0.3 is 13.8 Å². The highest BCUT2D eigenvalue weighted by molar-refractivity contribution is 7.25. The van der Waals surface area contributed by atoms with E-state index in [0.29, 0.717) is 0 Å². The Kier molecular flexibility index (Phi) is 5.33. The molecule has 0 spiro atoms. The summed E-state index contributed by atoms with van der Waals surface area (Å²) >= 11 is 1.89. The third kappa shape index (κ3) is 3.60. The van der Waals surface area contributed by atoms with Gasteiger partial charge in [0.1, 0.15) is 11.2 Å². The number of thiophene rings is 1. The molecule has 0 aliphatic carbocycles. The molecule has 0 atom stereocenters. The topological polar surface area (TPSA) is 21.3 Å². The van der Waals surface area contributed by atoms with Gasteiger partial charge in [-0.15, -0.1) is 11.3 Å². The van der Waals surface area contributed by atoms with Gasteiger partial charge in [-0.05, 0) is 94.3 Å². The molecule has 3 aromatic heterocycles. The van der Waals surface area contributed by atoms with Crippen molar-refractivity contribution in [2.24, 2.45) is 0 Å². The van der Waals surface area contributed by atoms with Gasteiger partial charge in [0, 0.05) is 64.3 Å². The molecule has 0 saturated heterocycles. The highest BCUT2D eigenvalue weighted by atomic mass is 32.1. The van der Waals surface area contributed by atoms with E-state index in [9.17, 15) is 0 Å². The Labute approximate surface area is 308 Å². The van der Waals surface area contributed by atoms with Crippen LogP contribution in [-0.2, 0) is 0 Å². The number of anilines is 2. The Morgan fingerprint density at radius 1 is 0.491 bits per heavy atom. The molecule has 0 amide bonds. The number of hydrogen-bond donors (Lipinski definition) is 0. The molecule has 13 rings (SSSR count). The van der Waals surface area contributed by atoms with Crippen molar-refractivity contribution in [3.8, 4) is 27.9 Å². The van der Waals surface area contributed by atoms with Gasteiger partial charge in [0.15, 0.2) is 0 Å². The van der Waals surface area contributed by atoms with Crippen LogP contribution in [0.2, 0.25) is 0 Å². The highest BCUT2D eigenvalue weighted by Gasteiger charge is 2.44. The lowest BCUT2D eigenvalue weighted by molar-refractivity contribution is 0.669. The van der Waals surface area contributed by atoms with E-state index in [1.165, 1.54) is 86.7 Å². The summed E-state index contributed by atoms with van der Waals surface area (Å²) in [6, 6.07) is 60.4. The van der Waals surface area contributed by atoms with Crippen LogP contribution in [0.4, 0.5) is 11.4 Å². The molecule has 11 aromatic rings. The Hall–Kier alpha value is -6.56. The van der Waals surface area contributed by atoms with Crippen molar-refractivity contribution in [2.75, 3.05) is 4.81 Å².